The number of rotatable bonds is 3. The van der Waals surface area contributed by atoms with Crippen molar-refractivity contribution in [3.05, 3.63) is 209 Å². The minimum Gasteiger partial charge on any atom is -0.310 e. The van der Waals surface area contributed by atoms with Gasteiger partial charge in [0.05, 0.1) is 33.4 Å². The lowest BCUT2D eigenvalue weighted by Crippen LogP contribution is -2.26. The summed E-state index contributed by atoms with van der Waals surface area (Å²) >= 11 is 3.63. The Hall–Kier alpha value is -6.36. The van der Waals surface area contributed by atoms with Gasteiger partial charge in [0, 0.05) is 55.3 Å². The van der Waals surface area contributed by atoms with Crippen molar-refractivity contribution in [3.63, 3.8) is 0 Å². The van der Waals surface area contributed by atoms with E-state index in [2.05, 4.69) is 240 Å². The average Bonchev–Trinajstić information content (AvgIpc) is 3.76. The maximum atomic E-state index is 3.63. The number of aromatic nitrogens is 2. The highest BCUT2D eigenvalue weighted by Crippen LogP contribution is 2.50. The van der Waals surface area contributed by atoms with Crippen LogP contribution >= 0.6 is 15.9 Å². The number of halogens is 1. The molecule has 0 atom stereocenters. The van der Waals surface area contributed by atoms with Gasteiger partial charge in [0.15, 0.2) is 0 Å². The third-order valence-electron chi connectivity index (χ3n) is 12.8. The quantitative estimate of drug-likeness (QED) is 0.173. The molecule has 0 radical (unpaired) electrons. The Bertz CT molecular complexity index is 3210. The zero-order valence-electron chi connectivity index (χ0n) is 33.0. The fraction of sp³-hybridized carbons (Fsp3) is 0.127. The second-order valence-electron chi connectivity index (χ2n) is 16.7. The van der Waals surface area contributed by atoms with Crippen LogP contribution in [0.2, 0.25) is 0 Å². The van der Waals surface area contributed by atoms with Gasteiger partial charge in [-0.25, -0.2) is 0 Å². The minimum atomic E-state index is -0.0522. The molecule has 4 heteroatoms. The second kappa shape index (κ2) is 13.6. The smallest absolute Gasteiger partial charge is 0.0582 e. The van der Waals surface area contributed by atoms with Gasteiger partial charge in [0.1, 0.15) is 0 Å². The Morgan fingerprint density at radius 3 is 1.34 bits per heavy atom. The topological polar surface area (TPSA) is 13.1 Å². The molecule has 12 rings (SSSR count). The summed E-state index contributed by atoms with van der Waals surface area (Å²) in [5, 5.41) is 5.23. The van der Waals surface area contributed by atoms with Crippen molar-refractivity contribution in [1.82, 2.24) is 9.13 Å². The minimum absolute atomic E-state index is 0. The molecule has 8 aromatic carbocycles. The number of benzene rings is 8. The third kappa shape index (κ3) is 5.39. The Labute approximate surface area is 356 Å². The van der Waals surface area contributed by atoms with Gasteiger partial charge in [0.25, 0.3) is 0 Å². The molecule has 2 aliphatic heterocycles. The van der Waals surface area contributed by atoms with E-state index in [0.717, 1.165) is 21.5 Å². The molecule has 0 fully saturated rings. The summed E-state index contributed by atoms with van der Waals surface area (Å²) in [6.45, 7) is 9.36. The molecule has 0 aliphatic carbocycles. The number of para-hydroxylation sites is 6. The van der Waals surface area contributed by atoms with E-state index in [4.69, 9.17) is 0 Å². The fourth-order valence-electron chi connectivity index (χ4n) is 10.0. The summed E-state index contributed by atoms with van der Waals surface area (Å²) in [4.78, 5) is 2.34. The van der Waals surface area contributed by atoms with Gasteiger partial charge in [0.2, 0.25) is 0 Å². The van der Waals surface area contributed by atoms with Crippen LogP contribution < -0.4 is 4.90 Å². The summed E-state index contributed by atoms with van der Waals surface area (Å²) < 4.78 is 6.04. The predicted octanol–water partition coefficient (Wildman–Crippen LogP) is 16.0. The first-order chi connectivity index (χ1) is 28.2. The predicted molar refractivity (Wildman–Crippen MR) is 257 cm³/mol. The first kappa shape index (κ1) is 36.9. The van der Waals surface area contributed by atoms with E-state index < -0.39 is 0 Å². The first-order valence-corrected chi connectivity index (χ1v) is 20.9. The van der Waals surface area contributed by atoms with E-state index in [9.17, 15) is 0 Å². The van der Waals surface area contributed by atoms with Crippen LogP contribution in [-0.2, 0) is 10.8 Å². The zero-order valence-corrected chi connectivity index (χ0v) is 34.6. The van der Waals surface area contributed by atoms with Gasteiger partial charge in [-0.1, -0.05) is 160 Å². The molecule has 0 spiro atoms. The Morgan fingerprint density at radius 1 is 0.407 bits per heavy atom. The molecule has 10 aromatic rings. The maximum absolute atomic E-state index is 3.63. The van der Waals surface area contributed by atoms with Gasteiger partial charge in [-0.15, -0.1) is 0 Å². The number of nitrogens with zero attached hydrogens (tertiary/aromatic N) is 3. The van der Waals surface area contributed by atoms with E-state index in [1.54, 1.807) is 0 Å². The summed E-state index contributed by atoms with van der Waals surface area (Å²) in [5.74, 6) is 0. The van der Waals surface area contributed by atoms with Crippen molar-refractivity contribution in [2.24, 2.45) is 0 Å². The van der Waals surface area contributed by atoms with Gasteiger partial charge in [-0.2, -0.15) is 0 Å². The summed E-state index contributed by atoms with van der Waals surface area (Å²) in [6.07, 6.45) is 0. The molecule has 0 N–H and O–H groups in total. The number of anilines is 3. The van der Waals surface area contributed by atoms with E-state index in [1.807, 2.05) is 0 Å². The molecule has 4 heterocycles. The fourth-order valence-corrected chi connectivity index (χ4v) is 10.4. The highest BCUT2D eigenvalue weighted by atomic mass is 79.9. The molecule has 0 bridgehead atoms. The number of hydrogen-bond acceptors (Lipinski definition) is 1. The molecular weight excluding hydrogens is 783 g/mol. The molecular formula is C55H48BrN3. The van der Waals surface area contributed by atoms with Gasteiger partial charge in [-0.05, 0) is 95.1 Å². The molecule has 290 valence electrons. The lowest BCUT2D eigenvalue weighted by atomic mass is 9.75. The third-order valence-corrected chi connectivity index (χ3v) is 13.3. The van der Waals surface area contributed by atoms with Crippen LogP contribution in [0.1, 0.15) is 58.8 Å². The van der Waals surface area contributed by atoms with Crippen LogP contribution in [0.4, 0.5) is 17.1 Å². The molecule has 0 unspecified atom stereocenters. The Kier molecular flexibility index (Phi) is 8.52. The summed E-state index contributed by atoms with van der Waals surface area (Å²) in [6, 6.07) is 65.9. The lowest BCUT2D eigenvalue weighted by Gasteiger charge is -2.34. The first-order valence-electron chi connectivity index (χ1n) is 20.1. The van der Waals surface area contributed by atoms with E-state index in [0.29, 0.717) is 0 Å². The van der Waals surface area contributed by atoms with Crippen LogP contribution in [0.3, 0.4) is 0 Å². The van der Waals surface area contributed by atoms with Crippen LogP contribution in [0, 0.1) is 0 Å². The van der Waals surface area contributed by atoms with Gasteiger partial charge < -0.3 is 14.0 Å². The zero-order chi connectivity index (χ0) is 39.3. The van der Waals surface area contributed by atoms with Crippen molar-refractivity contribution < 1.29 is 1.43 Å². The Balaban J connectivity index is 0.000000161. The van der Waals surface area contributed by atoms with Crippen LogP contribution in [0.15, 0.2) is 186 Å². The molecule has 2 aromatic heterocycles. The van der Waals surface area contributed by atoms with Gasteiger partial charge in [-0.3, -0.25) is 0 Å². The second-order valence-corrected chi connectivity index (χ2v) is 17.6. The van der Waals surface area contributed by atoms with E-state index >= 15 is 0 Å². The Morgan fingerprint density at radius 2 is 0.831 bits per heavy atom. The molecule has 2 aliphatic rings. The van der Waals surface area contributed by atoms with Crippen molar-refractivity contribution in [2.45, 2.75) is 46.0 Å². The van der Waals surface area contributed by atoms with Crippen LogP contribution in [-0.4, -0.2) is 9.13 Å². The van der Waals surface area contributed by atoms with Crippen LogP contribution in [0.25, 0.3) is 55.0 Å². The van der Waals surface area contributed by atoms with Crippen LogP contribution in [0.5, 0.6) is 0 Å². The SMILES string of the molecule is C.CC1(C)c2ccccc2-n2c3ccc(Br)cc3c3cccc1c32.CC1(C)c2ccccc2-n2c3ccc(N(c4ccccc4)c4ccccc4)cc3c3cccc1c32.[HH]. The molecule has 59 heavy (non-hydrogen) atoms. The monoisotopic (exact) mass is 829 g/mol. The summed E-state index contributed by atoms with van der Waals surface area (Å²) in [5.41, 5.74) is 16.8. The molecule has 0 saturated heterocycles. The largest absolute Gasteiger partial charge is 0.310 e. The molecule has 3 nitrogen and oxygen atoms in total. The lowest BCUT2D eigenvalue weighted by molar-refractivity contribution is 0.630. The highest BCUT2D eigenvalue weighted by Gasteiger charge is 2.36. The van der Waals surface area contributed by atoms with Gasteiger partial charge >= 0.3 is 0 Å². The maximum Gasteiger partial charge on any atom is 0.0582 e. The van der Waals surface area contributed by atoms with Crippen molar-refractivity contribution in [1.29, 1.82) is 0 Å². The highest BCUT2D eigenvalue weighted by molar-refractivity contribution is 9.10. The van der Waals surface area contributed by atoms with E-state index in [-0.39, 0.29) is 19.7 Å². The van der Waals surface area contributed by atoms with Crippen molar-refractivity contribution in [3.8, 4) is 11.4 Å². The average molecular weight is 831 g/mol. The van der Waals surface area contributed by atoms with E-state index in [1.165, 1.54) is 77.2 Å². The molecule has 0 amide bonds. The standard InChI is InChI=1S/C33H26N2.C21H16BrN.CH4.H2/c1-33(2)28-17-9-10-19-31(28)35-30-21-20-25(22-27(30)26-16-11-18-29(33)32(26)35)34(23-12-5-3-6-13-23)24-14-7-4-8-15-24;1-21(2)16-7-3-4-9-19(16)23-18-11-10-13(22)12-15(18)14-6-5-8-17(21)20(14)23;;/h3-22H,1-2H3;3-12H,1-2H3;1H4;1H. The number of hydrogen-bond donors (Lipinski definition) is 0. The summed E-state index contributed by atoms with van der Waals surface area (Å²) in [7, 11) is 0. The van der Waals surface area contributed by atoms with Crippen molar-refractivity contribution in [2.75, 3.05) is 4.90 Å². The molecule has 0 saturated carbocycles. The van der Waals surface area contributed by atoms with Crippen molar-refractivity contribution >= 4 is 76.6 Å². The number of fused-ring (bicyclic) bond motifs is 10. The normalized spacial score (nSPS) is 14.0.